The molecule has 0 bridgehead atoms. The average molecular weight is 422 g/mol. The lowest BCUT2D eigenvalue weighted by Gasteiger charge is -2.34. The van der Waals surface area contributed by atoms with Crippen LogP contribution in [0.1, 0.15) is 37.7 Å². The predicted molar refractivity (Wildman–Crippen MR) is 114 cm³/mol. The molecular weight excluding hydrogens is 399 g/mol. The summed E-state index contributed by atoms with van der Waals surface area (Å²) >= 11 is 0. The summed E-state index contributed by atoms with van der Waals surface area (Å²) in [6, 6.07) is 10.3. The molecule has 1 amide bonds. The van der Waals surface area contributed by atoms with E-state index in [0.717, 1.165) is 18.5 Å². The second-order valence-corrected chi connectivity index (χ2v) is 7.66. The van der Waals surface area contributed by atoms with Crippen LogP contribution >= 0.6 is 0 Å². The second-order valence-electron chi connectivity index (χ2n) is 7.66. The van der Waals surface area contributed by atoms with Gasteiger partial charge in [-0.2, -0.15) is 0 Å². The lowest BCUT2D eigenvalue weighted by molar-refractivity contribution is -0.116. The Hall–Kier alpha value is -3.61. The molecule has 6 nitrogen and oxygen atoms in total. The second kappa shape index (κ2) is 8.26. The molecule has 0 radical (unpaired) electrons. The zero-order valence-electron chi connectivity index (χ0n) is 17.3. The number of Topliss-reactive ketones (excluding diaryl/α,β-unsaturated/α-hetero) is 1. The highest BCUT2D eigenvalue weighted by Crippen LogP contribution is 2.44. The highest BCUT2D eigenvalue weighted by atomic mass is 19.1. The van der Waals surface area contributed by atoms with Crippen molar-refractivity contribution in [3.05, 3.63) is 76.4 Å². The zero-order chi connectivity index (χ0) is 22.1. The van der Waals surface area contributed by atoms with E-state index in [1.54, 1.807) is 19.1 Å². The van der Waals surface area contributed by atoms with Gasteiger partial charge in [0.05, 0.1) is 7.11 Å². The van der Waals surface area contributed by atoms with Crippen LogP contribution in [0.15, 0.2) is 65.0 Å². The summed E-state index contributed by atoms with van der Waals surface area (Å²) in [4.78, 5) is 26.3. The van der Waals surface area contributed by atoms with E-state index in [0.29, 0.717) is 34.5 Å². The fourth-order valence-corrected chi connectivity index (χ4v) is 4.22. The van der Waals surface area contributed by atoms with Crippen molar-refractivity contribution in [1.29, 1.82) is 0 Å². The molecule has 2 aromatic rings. The molecule has 2 aliphatic rings. The largest absolute Gasteiger partial charge is 0.504 e. The summed E-state index contributed by atoms with van der Waals surface area (Å²) < 4.78 is 18.5. The van der Waals surface area contributed by atoms with E-state index >= 15 is 0 Å². The number of ketones is 1. The Morgan fingerprint density at radius 1 is 1.19 bits per heavy atom. The van der Waals surface area contributed by atoms with Crippen LogP contribution in [0.5, 0.6) is 11.5 Å². The summed E-state index contributed by atoms with van der Waals surface area (Å²) in [7, 11) is 1.45. The Bertz CT molecular complexity index is 1120. The highest BCUT2D eigenvalue weighted by molar-refractivity contribution is 6.09. The molecule has 1 heterocycles. The number of methoxy groups -OCH3 is 1. The lowest BCUT2D eigenvalue weighted by atomic mass is 9.75. The Balaban J connectivity index is 1.80. The number of phenolic OH excluding ortho intramolecular Hbond substituents is 1. The number of halogens is 1. The fourth-order valence-electron chi connectivity index (χ4n) is 4.22. The molecule has 160 valence electrons. The summed E-state index contributed by atoms with van der Waals surface area (Å²) in [5, 5.41) is 16.1. The molecule has 0 spiro atoms. The number of anilines is 1. The minimum Gasteiger partial charge on any atom is -0.504 e. The molecule has 0 fully saturated rings. The number of amides is 1. The van der Waals surface area contributed by atoms with Crippen molar-refractivity contribution < 1.29 is 23.8 Å². The number of aromatic hydroxyl groups is 1. The first-order valence-corrected chi connectivity index (χ1v) is 10.1. The van der Waals surface area contributed by atoms with Gasteiger partial charge >= 0.3 is 0 Å². The third-order valence-corrected chi connectivity index (χ3v) is 5.66. The number of ether oxygens (including phenoxy) is 1. The first-order valence-electron chi connectivity index (χ1n) is 10.1. The Labute approximate surface area is 179 Å². The molecular formula is C24H23FN2O4. The van der Waals surface area contributed by atoms with E-state index in [2.05, 4.69) is 10.6 Å². The van der Waals surface area contributed by atoms with Crippen LogP contribution in [0.25, 0.3) is 0 Å². The number of phenols is 1. The Kier molecular flexibility index (Phi) is 5.50. The summed E-state index contributed by atoms with van der Waals surface area (Å²) in [5.41, 5.74) is 3.54. The topological polar surface area (TPSA) is 87.7 Å². The van der Waals surface area contributed by atoms with Gasteiger partial charge in [0.2, 0.25) is 0 Å². The van der Waals surface area contributed by atoms with E-state index in [9.17, 15) is 19.1 Å². The number of hydrogen-bond donors (Lipinski definition) is 3. The number of allylic oxidation sites excluding steroid dienone is 3. The lowest BCUT2D eigenvalue weighted by Crippen LogP contribution is -2.35. The molecule has 31 heavy (non-hydrogen) atoms. The van der Waals surface area contributed by atoms with Crippen molar-refractivity contribution in [2.45, 2.75) is 32.1 Å². The van der Waals surface area contributed by atoms with Crippen LogP contribution in [0.3, 0.4) is 0 Å². The van der Waals surface area contributed by atoms with Crippen molar-refractivity contribution in [2.24, 2.45) is 0 Å². The monoisotopic (exact) mass is 422 g/mol. The average Bonchev–Trinajstić information content (AvgIpc) is 2.75. The van der Waals surface area contributed by atoms with Gasteiger partial charge in [0, 0.05) is 40.6 Å². The van der Waals surface area contributed by atoms with Crippen molar-refractivity contribution >= 4 is 17.4 Å². The molecule has 2 aromatic carbocycles. The quantitative estimate of drug-likeness (QED) is 0.689. The molecule has 1 atom stereocenters. The molecule has 1 aliphatic heterocycles. The van der Waals surface area contributed by atoms with Crippen molar-refractivity contribution in [1.82, 2.24) is 5.32 Å². The van der Waals surface area contributed by atoms with Gasteiger partial charge in [0.1, 0.15) is 5.82 Å². The SMILES string of the molecule is COc1cc([C@H]2C(C(=O)Nc3ccc(F)cc3)=C(C)NC3=C2C(=O)CCC3)ccc1O. The molecule has 1 aliphatic carbocycles. The summed E-state index contributed by atoms with van der Waals surface area (Å²) in [6.45, 7) is 1.80. The molecule has 0 saturated carbocycles. The maximum absolute atomic E-state index is 13.3. The number of carbonyl (C=O) groups excluding carboxylic acids is 2. The molecule has 0 saturated heterocycles. The fraction of sp³-hybridized carbons (Fsp3) is 0.250. The Morgan fingerprint density at radius 3 is 2.65 bits per heavy atom. The van der Waals surface area contributed by atoms with E-state index in [1.807, 2.05) is 0 Å². The highest BCUT2D eigenvalue weighted by Gasteiger charge is 2.38. The van der Waals surface area contributed by atoms with Crippen LogP contribution in [-0.4, -0.2) is 23.9 Å². The van der Waals surface area contributed by atoms with Crippen molar-refractivity contribution in [3.8, 4) is 11.5 Å². The first kappa shape index (κ1) is 20.7. The van der Waals surface area contributed by atoms with Gasteiger partial charge < -0.3 is 20.5 Å². The normalized spacial score (nSPS) is 18.4. The van der Waals surface area contributed by atoms with Gasteiger partial charge in [-0.3, -0.25) is 9.59 Å². The maximum Gasteiger partial charge on any atom is 0.254 e. The minimum absolute atomic E-state index is 0.00891. The molecule has 4 rings (SSSR count). The predicted octanol–water partition coefficient (Wildman–Crippen LogP) is 4.15. The van der Waals surface area contributed by atoms with Gasteiger partial charge in [0.15, 0.2) is 17.3 Å². The zero-order valence-corrected chi connectivity index (χ0v) is 17.3. The van der Waals surface area contributed by atoms with Crippen LogP contribution in [0.4, 0.5) is 10.1 Å². The van der Waals surface area contributed by atoms with Crippen LogP contribution in [0.2, 0.25) is 0 Å². The van der Waals surface area contributed by atoms with Gasteiger partial charge in [-0.15, -0.1) is 0 Å². The molecule has 7 heteroatoms. The number of benzene rings is 2. The first-order chi connectivity index (χ1) is 14.9. The maximum atomic E-state index is 13.3. The standard InChI is InChI=1S/C24H23FN2O4/c1-13-21(24(30)27-16-9-7-15(25)8-10-16)22(14-6-11-18(28)20(12-14)31-2)23-17(26-13)4-3-5-19(23)29/h6-12,22,26,28H,3-5H2,1-2H3,(H,27,30)/t22-/m0/s1. The van der Waals surface area contributed by atoms with E-state index in [1.165, 1.54) is 37.4 Å². The molecule has 0 aromatic heterocycles. The summed E-state index contributed by atoms with van der Waals surface area (Å²) in [6.07, 6.45) is 1.88. The number of carbonyl (C=O) groups is 2. The number of rotatable bonds is 4. The minimum atomic E-state index is -0.612. The number of nitrogens with one attached hydrogen (secondary N) is 2. The van der Waals surface area contributed by atoms with Crippen molar-refractivity contribution in [3.63, 3.8) is 0 Å². The Morgan fingerprint density at radius 2 is 1.94 bits per heavy atom. The van der Waals surface area contributed by atoms with E-state index in [4.69, 9.17) is 4.74 Å². The van der Waals surface area contributed by atoms with Crippen LogP contribution in [-0.2, 0) is 9.59 Å². The smallest absolute Gasteiger partial charge is 0.254 e. The van der Waals surface area contributed by atoms with Gasteiger partial charge in [-0.05, 0) is 61.7 Å². The van der Waals surface area contributed by atoms with Crippen LogP contribution in [0, 0.1) is 5.82 Å². The third kappa shape index (κ3) is 3.91. The van der Waals surface area contributed by atoms with Gasteiger partial charge in [0.25, 0.3) is 5.91 Å². The van der Waals surface area contributed by atoms with Gasteiger partial charge in [-0.1, -0.05) is 6.07 Å². The van der Waals surface area contributed by atoms with Crippen molar-refractivity contribution in [2.75, 3.05) is 12.4 Å². The van der Waals surface area contributed by atoms with E-state index in [-0.39, 0.29) is 17.3 Å². The molecule has 0 unspecified atom stereocenters. The van der Waals surface area contributed by atoms with Crippen LogP contribution < -0.4 is 15.4 Å². The third-order valence-electron chi connectivity index (χ3n) is 5.66. The van der Waals surface area contributed by atoms with Gasteiger partial charge in [-0.25, -0.2) is 4.39 Å². The summed E-state index contributed by atoms with van der Waals surface area (Å²) in [5.74, 6) is -1.17. The van der Waals surface area contributed by atoms with E-state index < -0.39 is 17.6 Å². The number of hydrogen-bond acceptors (Lipinski definition) is 5. The number of dihydropyridines is 1. The molecule has 3 N–H and O–H groups in total.